The molecule has 6 heteroatoms. The van der Waals surface area contributed by atoms with Gasteiger partial charge in [-0.3, -0.25) is 0 Å². The molecule has 1 rings (SSSR count). The average molecular weight is 371 g/mol. The predicted octanol–water partition coefficient (Wildman–Crippen LogP) is 1.69. The van der Waals surface area contributed by atoms with Crippen LogP contribution in [-0.2, 0) is 4.57 Å². The van der Waals surface area contributed by atoms with E-state index in [2.05, 4.69) is 51.1 Å². The van der Waals surface area contributed by atoms with Crippen LogP contribution in [0.3, 0.4) is 0 Å². The Labute approximate surface area is 113 Å². The zero-order valence-electron chi connectivity index (χ0n) is 9.66. The van der Waals surface area contributed by atoms with Gasteiger partial charge < -0.3 is 14.7 Å². The van der Waals surface area contributed by atoms with Gasteiger partial charge in [0.15, 0.2) is 0 Å². The monoisotopic (exact) mass is 371 g/mol. The molecule has 1 aromatic carbocycles. The number of phosphoric acid groups is 1. The van der Waals surface area contributed by atoms with Crippen molar-refractivity contribution >= 4 is 9.79 Å². The Morgan fingerprint density at radius 2 is 1.44 bits per heavy atom. The first-order valence-electron chi connectivity index (χ1n) is 4.77. The normalized spacial score (nSPS) is 11.1. The van der Waals surface area contributed by atoms with Crippen molar-refractivity contribution in [3.05, 3.63) is 30.3 Å². The fourth-order valence-corrected chi connectivity index (χ4v) is 5.49. The Morgan fingerprint density at radius 1 is 1.06 bits per heavy atom. The standard InChI is InChI=1S/C6H5.C4H9.La.H3O4P/c1-2-4-6-5-3-1;1-4(2)3;;1-5(2,3)4/h1-5H;1-3H3;;(H3,1,2,3,4). The largest absolute Gasteiger partial charge is 0.466 e. The Kier molecular flexibility index (Phi) is 7.30. The maximum atomic E-state index is 8.88. The fourth-order valence-electron chi connectivity index (χ4n) is 1.05. The molecule has 0 amide bonds. The molecule has 0 saturated carbocycles. The van der Waals surface area contributed by atoms with Crippen molar-refractivity contribution in [3.8, 4) is 0 Å². The molecule has 1 aromatic rings. The molecule has 0 unspecified atom stereocenters. The second kappa shape index (κ2) is 7.07. The van der Waals surface area contributed by atoms with Crippen molar-refractivity contribution in [3.63, 3.8) is 0 Å². The van der Waals surface area contributed by atoms with Crippen LogP contribution in [0.2, 0.25) is 1.82 Å². The average Bonchev–Trinajstić information content (AvgIpc) is 1.99. The molecule has 0 heterocycles. The topological polar surface area (TPSA) is 77.8 Å². The van der Waals surface area contributed by atoms with Crippen LogP contribution in [0.25, 0.3) is 0 Å². The Morgan fingerprint density at radius 3 is 1.75 bits per heavy atom. The van der Waals surface area contributed by atoms with Crippen LogP contribution in [-0.4, -0.2) is 14.7 Å². The molecule has 0 radical (unpaired) electrons. The predicted molar refractivity (Wildman–Crippen MR) is 60.1 cm³/mol. The third-order valence-corrected chi connectivity index (χ3v) is 6.37. The van der Waals surface area contributed by atoms with E-state index >= 15 is 0 Å². The molecule has 0 saturated heterocycles. The van der Waals surface area contributed by atoms with Gasteiger partial charge in [0.2, 0.25) is 0 Å². The quantitative estimate of drug-likeness (QED) is 0.657. The smallest absolute Gasteiger partial charge is 0.303 e. The molecular formula is C10H17LaO4P. The van der Waals surface area contributed by atoms with Crippen molar-refractivity contribution in [2.45, 2.75) is 22.6 Å². The zero-order valence-corrected chi connectivity index (χ0v) is 14.2. The van der Waals surface area contributed by atoms with Crippen molar-refractivity contribution in [2.75, 3.05) is 0 Å². The van der Waals surface area contributed by atoms with Crippen molar-refractivity contribution in [1.29, 1.82) is 0 Å². The SMILES string of the molecule is C[C](C)(C)[La][c]1ccccc1.O=P(O)(O)O. The molecule has 0 bridgehead atoms. The van der Waals surface area contributed by atoms with E-state index in [0.717, 1.165) is 0 Å². The summed E-state index contributed by atoms with van der Waals surface area (Å²) in [5, 5.41) is 0. The van der Waals surface area contributed by atoms with Gasteiger partial charge in [-0.25, -0.2) is 4.57 Å². The molecular weight excluding hydrogens is 354 g/mol. The third-order valence-electron chi connectivity index (χ3n) is 1.40. The van der Waals surface area contributed by atoms with Crippen molar-refractivity contribution in [2.24, 2.45) is 0 Å². The Hall–Kier alpha value is 0.525. The summed E-state index contributed by atoms with van der Waals surface area (Å²) in [6, 6.07) is 11.0. The molecule has 0 aliphatic rings. The minimum atomic E-state index is -4.64. The third kappa shape index (κ3) is 14.5. The first kappa shape index (κ1) is 16.5. The van der Waals surface area contributed by atoms with Gasteiger partial charge in [0.1, 0.15) is 0 Å². The summed E-state index contributed by atoms with van der Waals surface area (Å²) in [5.74, 6) is 0. The summed E-state index contributed by atoms with van der Waals surface area (Å²) in [6.45, 7) is 7.07. The van der Waals surface area contributed by atoms with Crippen LogP contribution in [0, 0.1) is 31.9 Å². The molecule has 0 fully saturated rings. The van der Waals surface area contributed by atoms with Gasteiger partial charge in [0.05, 0.1) is 0 Å². The summed E-state index contributed by atoms with van der Waals surface area (Å²) in [4.78, 5) is 21.6. The van der Waals surface area contributed by atoms with Gasteiger partial charge >= 0.3 is 94.6 Å². The van der Waals surface area contributed by atoms with E-state index in [-0.39, 0.29) is 0 Å². The van der Waals surface area contributed by atoms with E-state index in [0.29, 0.717) is 1.82 Å². The summed E-state index contributed by atoms with van der Waals surface area (Å²) in [6.07, 6.45) is 0. The number of benzene rings is 1. The summed E-state index contributed by atoms with van der Waals surface area (Å²) in [5.41, 5.74) is 0. The second-order valence-corrected chi connectivity index (χ2v) is 13.9. The zero-order chi connectivity index (χ0) is 12.8. The van der Waals surface area contributed by atoms with Crippen molar-refractivity contribution in [1.82, 2.24) is 0 Å². The number of rotatable bonds is 1. The van der Waals surface area contributed by atoms with E-state index < -0.39 is 39.7 Å². The van der Waals surface area contributed by atoms with Gasteiger partial charge in [-0.15, -0.1) is 0 Å². The van der Waals surface area contributed by atoms with Gasteiger partial charge in [0, 0.05) is 0 Å². The van der Waals surface area contributed by atoms with Crippen molar-refractivity contribution < 1.29 is 51.1 Å². The fraction of sp³-hybridized carbons (Fsp3) is 0.400. The summed E-state index contributed by atoms with van der Waals surface area (Å²) < 4.78 is 11.1. The molecule has 0 aromatic heterocycles. The number of hydrogen-bond donors (Lipinski definition) is 3. The van der Waals surface area contributed by atoms with Crippen LogP contribution in [0.5, 0.6) is 0 Å². The molecule has 0 aliphatic carbocycles. The molecule has 16 heavy (non-hydrogen) atoms. The van der Waals surface area contributed by atoms with E-state index in [4.69, 9.17) is 19.2 Å². The van der Waals surface area contributed by atoms with Gasteiger partial charge in [-0.05, 0) is 0 Å². The maximum Gasteiger partial charge on any atom is 0.466 e. The number of hydrogen-bond acceptors (Lipinski definition) is 1. The van der Waals surface area contributed by atoms with Crippen LogP contribution in [0.1, 0.15) is 20.8 Å². The molecule has 0 spiro atoms. The van der Waals surface area contributed by atoms with E-state index in [1.165, 1.54) is 0 Å². The van der Waals surface area contributed by atoms with Crippen LogP contribution < -0.4 is 1.97 Å². The van der Waals surface area contributed by atoms with Gasteiger partial charge in [0.25, 0.3) is 0 Å². The second-order valence-electron chi connectivity index (χ2n) is 4.43. The van der Waals surface area contributed by atoms with Gasteiger partial charge in [-0.1, -0.05) is 0 Å². The van der Waals surface area contributed by atoms with E-state index in [9.17, 15) is 0 Å². The van der Waals surface area contributed by atoms with Gasteiger partial charge in [-0.2, -0.15) is 0 Å². The minimum Gasteiger partial charge on any atom is -0.303 e. The molecule has 0 atom stereocenters. The maximum absolute atomic E-state index is 8.88. The molecule has 89 valence electrons. The minimum absolute atomic E-state index is 0.612. The molecule has 4 nitrogen and oxygen atoms in total. The summed E-state index contributed by atoms with van der Waals surface area (Å²) >= 11 is -0.690. The first-order chi connectivity index (χ1) is 7.08. The Balaban J connectivity index is 0.000000385. The summed E-state index contributed by atoms with van der Waals surface area (Å²) in [7, 11) is -4.64. The van der Waals surface area contributed by atoms with Crippen LogP contribution in [0.4, 0.5) is 0 Å². The Bertz CT molecular complexity index is 333. The van der Waals surface area contributed by atoms with E-state index in [1.807, 2.05) is 0 Å². The first-order valence-corrected chi connectivity index (χ1v) is 9.96. The van der Waals surface area contributed by atoms with Crippen LogP contribution >= 0.6 is 7.82 Å². The molecule has 3 N–H and O–H groups in total. The van der Waals surface area contributed by atoms with Crippen LogP contribution in [0.15, 0.2) is 30.3 Å². The molecule has 0 aliphatic heterocycles. The van der Waals surface area contributed by atoms with E-state index in [1.54, 1.807) is 1.97 Å².